The third kappa shape index (κ3) is 6.69. The van der Waals surface area contributed by atoms with E-state index in [9.17, 15) is 9.50 Å². The van der Waals surface area contributed by atoms with Crippen molar-refractivity contribution < 1.29 is 9.50 Å². The number of aromatic nitrogens is 1. The lowest BCUT2D eigenvalue weighted by Crippen LogP contribution is -2.25. The quantitative estimate of drug-likeness (QED) is 0.205. The van der Waals surface area contributed by atoms with E-state index in [1.807, 2.05) is 20.0 Å². The molecule has 194 valence electrons. The lowest BCUT2D eigenvalue weighted by Gasteiger charge is -2.18. The number of nitrogens with one attached hydrogen (secondary N) is 1. The second-order valence-corrected chi connectivity index (χ2v) is 10.4. The average molecular weight is 499 g/mol. The first-order chi connectivity index (χ1) is 17.9. The number of H-pyrrole nitrogens is 1. The lowest BCUT2D eigenvalue weighted by atomic mass is 9.89. The van der Waals surface area contributed by atoms with Crippen LogP contribution in [0, 0.1) is 12.8 Å². The SMILES string of the molecule is CCCCc1cc(O)ccc1/C(=C/c1ccccc1C)c1ccc2[nH]c(CN(C)CC(C)CF)cc2c1. The van der Waals surface area contributed by atoms with E-state index in [4.69, 9.17) is 0 Å². The zero-order valence-corrected chi connectivity index (χ0v) is 22.5. The number of phenolic OH excluding ortho intramolecular Hbond substituents is 1. The minimum atomic E-state index is -0.298. The van der Waals surface area contributed by atoms with E-state index >= 15 is 0 Å². The summed E-state index contributed by atoms with van der Waals surface area (Å²) in [6, 6.07) is 23.0. The first kappa shape index (κ1) is 26.7. The van der Waals surface area contributed by atoms with Gasteiger partial charge in [0.25, 0.3) is 0 Å². The molecule has 1 aromatic heterocycles. The fraction of sp³-hybridized carbons (Fsp3) is 0.333. The van der Waals surface area contributed by atoms with Crippen LogP contribution in [0.25, 0.3) is 22.6 Å². The van der Waals surface area contributed by atoms with Gasteiger partial charge in [0.15, 0.2) is 0 Å². The Kier molecular flexibility index (Phi) is 8.83. The zero-order chi connectivity index (χ0) is 26.4. The maximum Gasteiger partial charge on any atom is 0.115 e. The molecule has 0 bridgehead atoms. The molecule has 4 heteroatoms. The Bertz CT molecular complexity index is 1370. The summed E-state index contributed by atoms with van der Waals surface area (Å²) >= 11 is 0. The number of hydrogen-bond acceptors (Lipinski definition) is 2. The molecular weight excluding hydrogens is 459 g/mol. The predicted molar refractivity (Wildman–Crippen MR) is 155 cm³/mol. The van der Waals surface area contributed by atoms with Gasteiger partial charge < -0.3 is 15.0 Å². The van der Waals surface area contributed by atoms with Crippen molar-refractivity contribution in [2.45, 2.75) is 46.6 Å². The van der Waals surface area contributed by atoms with Gasteiger partial charge in [0.05, 0.1) is 6.67 Å². The molecule has 2 N–H and O–H groups in total. The Morgan fingerprint density at radius 2 is 1.89 bits per heavy atom. The maximum atomic E-state index is 13.0. The highest BCUT2D eigenvalue weighted by atomic mass is 19.1. The van der Waals surface area contributed by atoms with Gasteiger partial charge in [0.2, 0.25) is 0 Å². The van der Waals surface area contributed by atoms with Gasteiger partial charge in [-0.3, -0.25) is 4.39 Å². The molecule has 0 radical (unpaired) electrons. The van der Waals surface area contributed by atoms with Gasteiger partial charge in [-0.15, -0.1) is 0 Å². The van der Waals surface area contributed by atoms with Crippen LogP contribution in [0.4, 0.5) is 4.39 Å². The predicted octanol–water partition coefficient (Wildman–Crippen LogP) is 8.15. The van der Waals surface area contributed by atoms with E-state index < -0.39 is 0 Å². The summed E-state index contributed by atoms with van der Waals surface area (Å²) in [5.41, 5.74) is 9.25. The van der Waals surface area contributed by atoms with Gasteiger partial charge in [-0.05, 0) is 103 Å². The first-order valence-corrected chi connectivity index (χ1v) is 13.3. The average Bonchev–Trinajstić information content (AvgIpc) is 3.28. The van der Waals surface area contributed by atoms with Gasteiger partial charge in [-0.1, -0.05) is 56.7 Å². The summed E-state index contributed by atoms with van der Waals surface area (Å²) in [4.78, 5) is 5.70. The smallest absolute Gasteiger partial charge is 0.115 e. The van der Waals surface area contributed by atoms with E-state index in [1.54, 1.807) is 6.07 Å². The molecule has 37 heavy (non-hydrogen) atoms. The number of aryl methyl sites for hydroxylation is 2. The molecule has 3 nitrogen and oxygen atoms in total. The summed E-state index contributed by atoms with van der Waals surface area (Å²) in [5.74, 6) is 0.337. The van der Waals surface area contributed by atoms with Crippen molar-refractivity contribution in [3.8, 4) is 5.75 Å². The lowest BCUT2D eigenvalue weighted by molar-refractivity contribution is 0.246. The van der Waals surface area contributed by atoms with Crippen LogP contribution < -0.4 is 0 Å². The molecule has 1 unspecified atom stereocenters. The zero-order valence-electron chi connectivity index (χ0n) is 22.5. The Balaban J connectivity index is 1.77. The minimum Gasteiger partial charge on any atom is -0.508 e. The third-order valence-electron chi connectivity index (χ3n) is 6.98. The molecule has 0 aliphatic heterocycles. The Morgan fingerprint density at radius 1 is 1.08 bits per heavy atom. The Hall–Kier alpha value is -3.37. The molecule has 1 atom stereocenters. The number of phenols is 1. The van der Waals surface area contributed by atoms with Crippen LogP contribution >= 0.6 is 0 Å². The highest BCUT2D eigenvalue weighted by Gasteiger charge is 2.14. The number of rotatable bonds is 11. The number of fused-ring (bicyclic) bond motifs is 1. The van der Waals surface area contributed by atoms with Crippen molar-refractivity contribution in [2.24, 2.45) is 5.92 Å². The van der Waals surface area contributed by atoms with Crippen LogP contribution in [0.1, 0.15) is 60.2 Å². The van der Waals surface area contributed by atoms with Crippen LogP contribution in [0.5, 0.6) is 5.75 Å². The second kappa shape index (κ2) is 12.2. The number of unbranched alkanes of at least 4 members (excludes halogenated alkanes) is 1. The fourth-order valence-electron chi connectivity index (χ4n) is 5.02. The molecule has 0 saturated heterocycles. The van der Waals surface area contributed by atoms with Crippen molar-refractivity contribution in [3.63, 3.8) is 0 Å². The molecule has 0 amide bonds. The Labute approximate surface area is 220 Å². The first-order valence-electron chi connectivity index (χ1n) is 13.3. The summed E-state index contributed by atoms with van der Waals surface area (Å²) in [5, 5.41) is 11.4. The number of aromatic amines is 1. The van der Waals surface area contributed by atoms with Crippen LogP contribution in [0.3, 0.4) is 0 Å². The Morgan fingerprint density at radius 3 is 2.65 bits per heavy atom. The van der Waals surface area contributed by atoms with E-state index in [0.717, 1.165) is 65.6 Å². The molecule has 0 aliphatic rings. The van der Waals surface area contributed by atoms with Crippen LogP contribution in [0.15, 0.2) is 66.7 Å². The molecule has 0 fully saturated rings. The number of hydrogen-bond donors (Lipinski definition) is 2. The molecule has 4 aromatic rings. The molecule has 4 rings (SSSR count). The van der Waals surface area contributed by atoms with Gasteiger partial charge in [0.1, 0.15) is 5.75 Å². The number of alkyl halides is 1. The minimum absolute atomic E-state index is 0.0299. The van der Waals surface area contributed by atoms with Gasteiger partial charge in [-0.2, -0.15) is 0 Å². The van der Waals surface area contributed by atoms with Gasteiger partial charge >= 0.3 is 0 Å². The number of benzene rings is 3. The van der Waals surface area contributed by atoms with E-state index in [-0.39, 0.29) is 12.6 Å². The highest BCUT2D eigenvalue weighted by molar-refractivity contribution is 5.96. The number of halogens is 1. The van der Waals surface area contributed by atoms with E-state index in [1.165, 1.54) is 16.7 Å². The molecule has 0 spiro atoms. The monoisotopic (exact) mass is 498 g/mol. The fourth-order valence-corrected chi connectivity index (χ4v) is 5.02. The third-order valence-corrected chi connectivity index (χ3v) is 6.98. The van der Waals surface area contributed by atoms with Crippen molar-refractivity contribution in [2.75, 3.05) is 20.3 Å². The summed E-state index contributed by atoms with van der Waals surface area (Å²) in [7, 11) is 2.04. The number of aromatic hydroxyl groups is 1. The van der Waals surface area contributed by atoms with E-state index in [2.05, 4.69) is 84.4 Å². The molecule has 3 aromatic carbocycles. The maximum absolute atomic E-state index is 13.0. The normalized spacial score (nSPS) is 13.0. The van der Waals surface area contributed by atoms with Gasteiger partial charge in [0, 0.05) is 29.7 Å². The molecular formula is C33H39FN2O. The number of nitrogens with zero attached hydrogens (tertiary/aromatic N) is 1. The van der Waals surface area contributed by atoms with Crippen LogP contribution in [-0.2, 0) is 13.0 Å². The molecule has 1 heterocycles. The van der Waals surface area contributed by atoms with Crippen molar-refractivity contribution in [3.05, 3.63) is 100 Å². The van der Waals surface area contributed by atoms with Crippen LogP contribution in [-0.4, -0.2) is 35.3 Å². The van der Waals surface area contributed by atoms with Crippen molar-refractivity contribution in [1.82, 2.24) is 9.88 Å². The molecule has 0 saturated carbocycles. The van der Waals surface area contributed by atoms with Crippen molar-refractivity contribution >= 4 is 22.6 Å². The second-order valence-electron chi connectivity index (χ2n) is 10.4. The van der Waals surface area contributed by atoms with Crippen molar-refractivity contribution in [1.29, 1.82) is 0 Å². The van der Waals surface area contributed by atoms with E-state index in [0.29, 0.717) is 5.75 Å². The summed E-state index contributed by atoms with van der Waals surface area (Å²) in [6.45, 7) is 7.45. The topological polar surface area (TPSA) is 39.3 Å². The standard InChI is InChI=1S/C33H39FN2O/c1-5-6-10-26-18-30(37)13-14-31(26)32(19-25-11-8-7-9-24(25)3)27-12-15-33-28(16-27)17-29(35-33)22-36(4)21-23(2)20-34/h7-9,11-19,23,35,37H,5-6,10,20-22H2,1-4H3/b32-19+. The largest absolute Gasteiger partial charge is 0.508 e. The highest BCUT2D eigenvalue weighted by Crippen LogP contribution is 2.34. The molecule has 0 aliphatic carbocycles. The summed E-state index contributed by atoms with van der Waals surface area (Å²) < 4.78 is 13.0. The summed E-state index contributed by atoms with van der Waals surface area (Å²) in [6.07, 6.45) is 5.37. The van der Waals surface area contributed by atoms with Gasteiger partial charge in [-0.25, -0.2) is 0 Å². The van der Waals surface area contributed by atoms with Crippen LogP contribution in [0.2, 0.25) is 0 Å².